The molecule has 0 aromatic carbocycles. The number of nitrogens with zero attached hydrogens (tertiary/aromatic N) is 1. The van der Waals surface area contributed by atoms with Crippen LogP contribution in [-0.2, 0) is 14.2 Å². The summed E-state index contributed by atoms with van der Waals surface area (Å²) in [7, 11) is 1.68. The number of piperidine rings is 1. The van der Waals surface area contributed by atoms with Crippen molar-refractivity contribution in [2.75, 3.05) is 26.8 Å². The third kappa shape index (κ3) is 5.51. The smallest absolute Gasteiger partial charge is 0.410 e. The first-order chi connectivity index (χ1) is 9.37. The lowest BCUT2D eigenvalue weighted by Crippen LogP contribution is -2.51. The molecule has 0 spiro atoms. The first kappa shape index (κ1) is 17.0. The van der Waals surface area contributed by atoms with E-state index in [2.05, 4.69) is 6.58 Å². The summed E-state index contributed by atoms with van der Waals surface area (Å²) in [5.41, 5.74) is -0.478. The average molecular weight is 285 g/mol. The van der Waals surface area contributed by atoms with Crippen molar-refractivity contribution < 1.29 is 19.0 Å². The number of ether oxygens (including phenoxy) is 3. The lowest BCUT2D eigenvalue weighted by Gasteiger charge is -2.38. The second-order valence-electron chi connectivity index (χ2n) is 5.98. The van der Waals surface area contributed by atoms with Crippen molar-refractivity contribution in [1.82, 2.24) is 4.90 Å². The minimum absolute atomic E-state index is 0.0264. The molecule has 1 saturated heterocycles. The highest BCUT2D eigenvalue weighted by molar-refractivity contribution is 5.68. The Kier molecular flexibility index (Phi) is 6.49. The highest BCUT2D eigenvalue weighted by Gasteiger charge is 2.34. The predicted molar refractivity (Wildman–Crippen MR) is 77.8 cm³/mol. The second kappa shape index (κ2) is 7.64. The molecule has 1 heterocycles. The number of hydrogen-bond acceptors (Lipinski definition) is 4. The van der Waals surface area contributed by atoms with E-state index in [9.17, 15) is 4.79 Å². The number of methoxy groups -OCH3 is 1. The Labute approximate surface area is 121 Å². The molecule has 5 heteroatoms. The zero-order valence-corrected chi connectivity index (χ0v) is 13.1. The third-order valence-electron chi connectivity index (χ3n) is 3.11. The zero-order chi connectivity index (χ0) is 15.2. The minimum atomic E-state index is -0.478. The quantitative estimate of drug-likeness (QED) is 0.575. The van der Waals surface area contributed by atoms with Crippen LogP contribution in [0.4, 0.5) is 4.79 Å². The summed E-state index contributed by atoms with van der Waals surface area (Å²) in [6.07, 6.45) is 2.99. The summed E-state index contributed by atoms with van der Waals surface area (Å²) in [5, 5.41) is 0. The Balaban J connectivity index is 2.55. The molecule has 0 aromatic heterocycles. The molecule has 0 aliphatic carbocycles. The van der Waals surface area contributed by atoms with E-state index in [0.29, 0.717) is 19.7 Å². The maximum absolute atomic E-state index is 12.1. The van der Waals surface area contributed by atoms with Crippen LogP contribution in [-0.4, -0.2) is 55.6 Å². The van der Waals surface area contributed by atoms with Crippen molar-refractivity contribution in [3.05, 3.63) is 12.7 Å². The third-order valence-corrected chi connectivity index (χ3v) is 3.11. The molecule has 0 radical (unpaired) electrons. The van der Waals surface area contributed by atoms with Crippen LogP contribution in [0, 0.1) is 0 Å². The Bertz CT molecular complexity index is 324. The lowest BCUT2D eigenvalue weighted by atomic mass is 10.0. The van der Waals surface area contributed by atoms with Gasteiger partial charge in [-0.2, -0.15) is 0 Å². The van der Waals surface area contributed by atoms with Crippen molar-refractivity contribution in [1.29, 1.82) is 0 Å². The molecule has 5 nitrogen and oxygen atoms in total. The number of rotatable bonds is 5. The number of hydrogen-bond donors (Lipinski definition) is 0. The van der Waals surface area contributed by atoms with Gasteiger partial charge < -0.3 is 19.1 Å². The van der Waals surface area contributed by atoms with Crippen LogP contribution in [0.25, 0.3) is 0 Å². The molecule has 0 aromatic rings. The monoisotopic (exact) mass is 285 g/mol. The van der Waals surface area contributed by atoms with Gasteiger partial charge in [0.05, 0.1) is 19.3 Å². The molecule has 1 rings (SSSR count). The van der Waals surface area contributed by atoms with Crippen LogP contribution in [0.2, 0.25) is 0 Å². The average Bonchev–Trinajstić information content (AvgIpc) is 2.37. The summed E-state index contributed by atoms with van der Waals surface area (Å²) < 4.78 is 16.6. The maximum atomic E-state index is 12.1. The summed E-state index contributed by atoms with van der Waals surface area (Å²) in [6.45, 7) is 11.0. The molecule has 0 N–H and O–H groups in total. The lowest BCUT2D eigenvalue weighted by molar-refractivity contribution is -0.0944. The highest BCUT2D eigenvalue weighted by Crippen LogP contribution is 2.19. The van der Waals surface area contributed by atoms with E-state index in [1.54, 1.807) is 12.0 Å². The predicted octanol–water partition coefficient (Wildman–Crippen LogP) is 2.60. The number of amides is 1. The first-order valence-electron chi connectivity index (χ1n) is 7.10. The van der Waals surface area contributed by atoms with E-state index >= 15 is 0 Å². The van der Waals surface area contributed by atoms with E-state index < -0.39 is 5.60 Å². The van der Waals surface area contributed by atoms with Crippen molar-refractivity contribution >= 4 is 6.09 Å². The summed E-state index contributed by atoms with van der Waals surface area (Å²) in [4.78, 5) is 13.8. The fraction of sp³-hybridized carbons (Fsp3) is 0.800. The Morgan fingerprint density at radius 1 is 1.40 bits per heavy atom. The Morgan fingerprint density at radius 3 is 2.65 bits per heavy atom. The fourth-order valence-corrected chi connectivity index (χ4v) is 2.12. The normalized spacial score (nSPS) is 23.5. The highest BCUT2D eigenvalue weighted by atomic mass is 16.6. The van der Waals surface area contributed by atoms with Crippen LogP contribution >= 0.6 is 0 Å². The molecular formula is C15H27NO4. The van der Waals surface area contributed by atoms with Crippen LogP contribution in [0.15, 0.2) is 12.7 Å². The molecule has 2 atom stereocenters. The fourth-order valence-electron chi connectivity index (χ4n) is 2.12. The van der Waals surface area contributed by atoms with Gasteiger partial charge >= 0.3 is 6.09 Å². The summed E-state index contributed by atoms with van der Waals surface area (Å²) >= 11 is 0. The van der Waals surface area contributed by atoms with Crippen molar-refractivity contribution in [2.45, 2.75) is 51.4 Å². The first-order valence-corrected chi connectivity index (χ1v) is 7.10. The van der Waals surface area contributed by atoms with E-state index in [1.165, 1.54) is 0 Å². The van der Waals surface area contributed by atoms with Gasteiger partial charge in [-0.05, 0) is 33.6 Å². The van der Waals surface area contributed by atoms with Gasteiger partial charge in [0.25, 0.3) is 0 Å². The second-order valence-corrected chi connectivity index (χ2v) is 5.98. The summed E-state index contributed by atoms with van der Waals surface area (Å²) in [6, 6.07) is 0. The van der Waals surface area contributed by atoms with Gasteiger partial charge in [0.2, 0.25) is 0 Å². The van der Waals surface area contributed by atoms with Crippen molar-refractivity contribution in [3.63, 3.8) is 0 Å². The molecule has 1 fully saturated rings. The summed E-state index contributed by atoms with van der Waals surface area (Å²) in [5.74, 6) is 0. The molecular weight excluding hydrogens is 258 g/mol. The maximum Gasteiger partial charge on any atom is 0.410 e. The molecule has 1 amide bonds. The standard InChI is InChI=1S/C15H27NO4/c1-6-7-10-19-13-11-16(9-8-12(13)18-5)14(17)20-15(2,3)4/h6,12-13H,1,7-11H2,2-5H3. The van der Waals surface area contributed by atoms with Crippen LogP contribution in [0.1, 0.15) is 33.6 Å². The van der Waals surface area contributed by atoms with Gasteiger partial charge in [-0.1, -0.05) is 6.08 Å². The Morgan fingerprint density at radius 2 is 2.10 bits per heavy atom. The largest absolute Gasteiger partial charge is 0.444 e. The Hall–Kier alpha value is -1.07. The van der Waals surface area contributed by atoms with Gasteiger partial charge in [-0.25, -0.2) is 4.79 Å². The number of carbonyl (C=O) groups is 1. The van der Waals surface area contributed by atoms with E-state index in [4.69, 9.17) is 14.2 Å². The van der Waals surface area contributed by atoms with Gasteiger partial charge in [0.15, 0.2) is 0 Å². The van der Waals surface area contributed by atoms with Crippen LogP contribution < -0.4 is 0 Å². The van der Waals surface area contributed by atoms with Gasteiger partial charge in [0, 0.05) is 13.7 Å². The molecule has 0 bridgehead atoms. The number of carbonyl (C=O) groups excluding carboxylic acids is 1. The van der Waals surface area contributed by atoms with Crippen LogP contribution in [0.5, 0.6) is 0 Å². The molecule has 1 aliphatic heterocycles. The molecule has 0 saturated carbocycles. The zero-order valence-electron chi connectivity index (χ0n) is 13.1. The SMILES string of the molecule is C=CCCOC1CN(C(=O)OC(C)(C)C)CCC1OC. The number of likely N-dealkylation sites (tertiary alicyclic amines) is 1. The minimum Gasteiger partial charge on any atom is -0.444 e. The van der Waals surface area contributed by atoms with Gasteiger partial charge in [-0.15, -0.1) is 6.58 Å². The molecule has 2 unspecified atom stereocenters. The topological polar surface area (TPSA) is 48.0 Å². The van der Waals surface area contributed by atoms with Crippen molar-refractivity contribution in [2.24, 2.45) is 0 Å². The molecule has 1 aliphatic rings. The van der Waals surface area contributed by atoms with Gasteiger partial charge in [0.1, 0.15) is 11.7 Å². The van der Waals surface area contributed by atoms with E-state index in [1.807, 2.05) is 26.8 Å². The molecule has 20 heavy (non-hydrogen) atoms. The van der Waals surface area contributed by atoms with E-state index in [-0.39, 0.29) is 18.3 Å². The van der Waals surface area contributed by atoms with Gasteiger partial charge in [-0.3, -0.25) is 0 Å². The van der Waals surface area contributed by atoms with Crippen molar-refractivity contribution in [3.8, 4) is 0 Å². The molecule has 116 valence electrons. The van der Waals surface area contributed by atoms with Crippen LogP contribution in [0.3, 0.4) is 0 Å². The van der Waals surface area contributed by atoms with E-state index in [0.717, 1.165) is 12.8 Å².